The third-order valence-electron chi connectivity index (χ3n) is 3.05. The van der Waals surface area contributed by atoms with Crippen LogP contribution in [0.2, 0.25) is 0 Å². The van der Waals surface area contributed by atoms with E-state index in [2.05, 4.69) is 9.98 Å². The van der Waals surface area contributed by atoms with Crippen molar-refractivity contribution in [2.24, 2.45) is 4.99 Å². The standard InChI is InChI=1S/C17H14N2OS/c1-12-19-16(11-21-12)13-6-4-7-15(9-13)18-10-14-5-2-3-8-17(14)20/h2-11,20H,1H3. The van der Waals surface area contributed by atoms with Gasteiger partial charge in [-0.25, -0.2) is 4.98 Å². The number of aromatic hydroxyl groups is 1. The second kappa shape index (κ2) is 5.89. The highest BCUT2D eigenvalue weighted by molar-refractivity contribution is 7.09. The molecule has 3 rings (SSSR count). The predicted octanol–water partition coefficient (Wildman–Crippen LogP) is 4.57. The lowest BCUT2D eigenvalue weighted by atomic mass is 10.1. The van der Waals surface area contributed by atoms with Crippen molar-refractivity contribution in [3.05, 3.63) is 64.5 Å². The SMILES string of the molecule is Cc1nc(-c2cccc(N=Cc3ccccc3O)c2)cs1. The van der Waals surface area contributed by atoms with E-state index in [1.807, 2.05) is 48.7 Å². The smallest absolute Gasteiger partial charge is 0.124 e. The van der Waals surface area contributed by atoms with Gasteiger partial charge in [0.05, 0.1) is 16.4 Å². The summed E-state index contributed by atoms with van der Waals surface area (Å²) in [6.07, 6.45) is 1.67. The van der Waals surface area contributed by atoms with E-state index in [0.717, 1.165) is 22.0 Å². The normalized spacial score (nSPS) is 11.1. The van der Waals surface area contributed by atoms with Crippen LogP contribution in [0.3, 0.4) is 0 Å². The molecule has 0 radical (unpaired) electrons. The molecule has 0 saturated heterocycles. The van der Waals surface area contributed by atoms with Crippen molar-refractivity contribution in [3.8, 4) is 17.0 Å². The highest BCUT2D eigenvalue weighted by atomic mass is 32.1. The quantitative estimate of drug-likeness (QED) is 0.719. The van der Waals surface area contributed by atoms with Crippen molar-refractivity contribution in [2.75, 3.05) is 0 Å². The van der Waals surface area contributed by atoms with Gasteiger partial charge in [-0.3, -0.25) is 4.99 Å². The minimum atomic E-state index is 0.229. The van der Waals surface area contributed by atoms with Gasteiger partial charge in [-0.15, -0.1) is 11.3 Å². The van der Waals surface area contributed by atoms with Crippen LogP contribution in [0.1, 0.15) is 10.6 Å². The first kappa shape index (κ1) is 13.5. The minimum absolute atomic E-state index is 0.229. The average Bonchev–Trinajstić information content (AvgIpc) is 2.93. The van der Waals surface area contributed by atoms with Crippen LogP contribution in [0.15, 0.2) is 58.9 Å². The third kappa shape index (κ3) is 3.17. The van der Waals surface area contributed by atoms with Crippen molar-refractivity contribution < 1.29 is 5.11 Å². The molecule has 2 aromatic carbocycles. The molecule has 0 aliphatic carbocycles. The van der Waals surface area contributed by atoms with Crippen molar-refractivity contribution in [3.63, 3.8) is 0 Å². The van der Waals surface area contributed by atoms with Crippen LogP contribution >= 0.6 is 11.3 Å². The summed E-state index contributed by atoms with van der Waals surface area (Å²) in [6.45, 7) is 1.99. The number of hydrogen-bond donors (Lipinski definition) is 1. The molecule has 3 nitrogen and oxygen atoms in total. The predicted molar refractivity (Wildman–Crippen MR) is 87.6 cm³/mol. The van der Waals surface area contributed by atoms with Crippen LogP contribution in [-0.4, -0.2) is 16.3 Å². The van der Waals surface area contributed by atoms with Gasteiger partial charge in [0.25, 0.3) is 0 Å². The minimum Gasteiger partial charge on any atom is -0.507 e. The Morgan fingerprint density at radius 3 is 2.76 bits per heavy atom. The Labute approximate surface area is 127 Å². The van der Waals surface area contributed by atoms with Crippen molar-refractivity contribution in [1.29, 1.82) is 0 Å². The van der Waals surface area contributed by atoms with Crippen molar-refractivity contribution >= 4 is 23.2 Å². The molecule has 0 amide bonds. The molecule has 0 atom stereocenters. The fourth-order valence-corrected chi connectivity index (χ4v) is 2.60. The molecule has 0 aliphatic rings. The van der Waals surface area contributed by atoms with Crippen molar-refractivity contribution in [1.82, 2.24) is 4.98 Å². The fourth-order valence-electron chi connectivity index (χ4n) is 1.98. The van der Waals surface area contributed by atoms with E-state index in [1.165, 1.54) is 0 Å². The maximum Gasteiger partial charge on any atom is 0.124 e. The fraction of sp³-hybridized carbons (Fsp3) is 0.0588. The second-order valence-corrected chi connectivity index (χ2v) is 5.68. The first-order valence-corrected chi connectivity index (χ1v) is 7.45. The zero-order valence-electron chi connectivity index (χ0n) is 11.5. The number of thiazole rings is 1. The summed E-state index contributed by atoms with van der Waals surface area (Å²) in [6, 6.07) is 15.0. The Bertz CT molecular complexity index is 793. The van der Waals surface area contributed by atoms with E-state index in [-0.39, 0.29) is 5.75 Å². The van der Waals surface area contributed by atoms with Gasteiger partial charge >= 0.3 is 0 Å². The number of nitrogens with zero attached hydrogens (tertiary/aromatic N) is 2. The van der Waals surface area contributed by atoms with Crippen LogP contribution in [0, 0.1) is 6.92 Å². The molecule has 0 fully saturated rings. The maximum absolute atomic E-state index is 9.72. The molecule has 1 N–H and O–H groups in total. The lowest BCUT2D eigenvalue weighted by Crippen LogP contribution is -1.81. The van der Waals surface area contributed by atoms with Gasteiger partial charge in [-0.1, -0.05) is 24.3 Å². The molecule has 104 valence electrons. The summed E-state index contributed by atoms with van der Waals surface area (Å²) < 4.78 is 0. The summed E-state index contributed by atoms with van der Waals surface area (Å²) in [5, 5.41) is 12.8. The number of aromatic nitrogens is 1. The summed E-state index contributed by atoms with van der Waals surface area (Å²) in [5.74, 6) is 0.229. The molecule has 21 heavy (non-hydrogen) atoms. The van der Waals surface area contributed by atoms with E-state index >= 15 is 0 Å². The molecule has 0 aliphatic heterocycles. The Kier molecular flexibility index (Phi) is 3.79. The zero-order valence-corrected chi connectivity index (χ0v) is 12.3. The Morgan fingerprint density at radius 1 is 1.14 bits per heavy atom. The van der Waals surface area contributed by atoms with Crippen LogP contribution in [0.25, 0.3) is 11.3 Å². The molecule has 4 heteroatoms. The number of phenolic OH excluding ortho intramolecular Hbond substituents is 1. The molecule has 1 heterocycles. The largest absolute Gasteiger partial charge is 0.507 e. The summed E-state index contributed by atoms with van der Waals surface area (Å²) in [7, 11) is 0. The molecule has 3 aromatic rings. The van der Waals surface area contributed by atoms with E-state index in [0.29, 0.717) is 5.56 Å². The number of benzene rings is 2. The van der Waals surface area contributed by atoms with E-state index in [4.69, 9.17) is 0 Å². The number of aliphatic imine (C=N–C) groups is 1. The van der Waals surface area contributed by atoms with Crippen LogP contribution in [-0.2, 0) is 0 Å². The zero-order chi connectivity index (χ0) is 14.7. The first-order valence-electron chi connectivity index (χ1n) is 6.57. The Morgan fingerprint density at radius 2 is 2.00 bits per heavy atom. The molecule has 0 saturated carbocycles. The first-order chi connectivity index (χ1) is 10.2. The Hall–Kier alpha value is -2.46. The third-order valence-corrected chi connectivity index (χ3v) is 3.82. The number of aryl methyl sites for hydroxylation is 1. The number of phenols is 1. The van der Waals surface area contributed by atoms with Gasteiger partial charge in [0.15, 0.2) is 0 Å². The summed E-state index contributed by atoms with van der Waals surface area (Å²) >= 11 is 1.63. The monoisotopic (exact) mass is 294 g/mol. The second-order valence-electron chi connectivity index (χ2n) is 4.62. The summed E-state index contributed by atoms with van der Waals surface area (Å²) in [4.78, 5) is 8.90. The maximum atomic E-state index is 9.72. The van der Waals surface area contributed by atoms with Gasteiger partial charge in [0.1, 0.15) is 5.75 Å². The lowest BCUT2D eigenvalue weighted by molar-refractivity contribution is 0.474. The number of para-hydroxylation sites is 1. The Balaban J connectivity index is 1.88. The average molecular weight is 294 g/mol. The highest BCUT2D eigenvalue weighted by Crippen LogP contribution is 2.25. The molecule has 0 spiro atoms. The van der Waals surface area contributed by atoms with Crippen LogP contribution < -0.4 is 0 Å². The topological polar surface area (TPSA) is 45.5 Å². The van der Waals surface area contributed by atoms with Gasteiger partial charge in [-0.2, -0.15) is 0 Å². The van der Waals surface area contributed by atoms with Gasteiger partial charge in [-0.05, 0) is 31.2 Å². The molecule has 1 aromatic heterocycles. The number of hydrogen-bond acceptors (Lipinski definition) is 4. The number of rotatable bonds is 3. The van der Waals surface area contributed by atoms with E-state index < -0.39 is 0 Å². The van der Waals surface area contributed by atoms with Gasteiger partial charge in [0.2, 0.25) is 0 Å². The van der Waals surface area contributed by atoms with Crippen molar-refractivity contribution in [2.45, 2.75) is 6.92 Å². The highest BCUT2D eigenvalue weighted by Gasteiger charge is 2.02. The molecule has 0 unspecified atom stereocenters. The molecular weight excluding hydrogens is 280 g/mol. The van der Waals surface area contributed by atoms with E-state index in [1.54, 1.807) is 29.7 Å². The van der Waals surface area contributed by atoms with Gasteiger partial charge < -0.3 is 5.11 Å². The van der Waals surface area contributed by atoms with Gasteiger partial charge in [0, 0.05) is 22.7 Å². The lowest BCUT2D eigenvalue weighted by Gasteiger charge is -2.00. The molecule has 0 bridgehead atoms. The summed E-state index contributed by atoms with van der Waals surface area (Å²) in [5.41, 5.74) is 3.55. The molecular formula is C17H14N2OS. The van der Waals surface area contributed by atoms with Crippen LogP contribution in [0.5, 0.6) is 5.75 Å². The van der Waals surface area contributed by atoms with E-state index in [9.17, 15) is 5.11 Å². The van der Waals surface area contributed by atoms with Crippen LogP contribution in [0.4, 0.5) is 5.69 Å².